The molecule has 0 rings (SSSR count). The van der Waals surface area contributed by atoms with Gasteiger partial charge in [0.25, 0.3) is 0 Å². The van der Waals surface area contributed by atoms with Gasteiger partial charge in [0.2, 0.25) is 0 Å². The molecule has 0 aromatic rings. The number of hydrogen-bond acceptors (Lipinski definition) is 1. The molecule has 0 amide bonds. The van der Waals surface area contributed by atoms with Crippen LogP contribution in [0.2, 0.25) is 0 Å². The Kier molecular flexibility index (Phi) is 16.5. The molecule has 0 aliphatic carbocycles. The van der Waals surface area contributed by atoms with Crippen LogP contribution in [-0.2, 0) is 4.79 Å². The van der Waals surface area contributed by atoms with E-state index in [0.717, 1.165) is 44.8 Å². The fourth-order valence-corrected chi connectivity index (χ4v) is 3.04. The first kappa shape index (κ1) is 26.4. The highest BCUT2D eigenvalue weighted by Crippen LogP contribution is 2.14. The third kappa shape index (κ3) is 17.8. The number of unbranched alkanes of at least 4 members (excludes halogenated alkanes) is 1. The van der Waals surface area contributed by atoms with E-state index in [1.54, 1.807) is 0 Å². The summed E-state index contributed by atoms with van der Waals surface area (Å²) in [6, 6.07) is 0. The van der Waals surface area contributed by atoms with Crippen LogP contribution < -0.4 is 0 Å². The topological polar surface area (TPSA) is 17.1 Å². The molecule has 0 bridgehead atoms. The van der Waals surface area contributed by atoms with E-state index in [4.69, 9.17) is 0 Å². The second kappa shape index (κ2) is 17.5. The number of carbonyl (C=O) groups excluding carboxylic acids is 1. The molecule has 0 radical (unpaired) electrons. The number of rotatable bonds is 15. The van der Waals surface area contributed by atoms with Crippen LogP contribution in [0.25, 0.3) is 0 Å². The first-order valence-electron chi connectivity index (χ1n) is 11.0. The van der Waals surface area contributed by atoms with Gasteiger partial charge in [-0.1, -0.05) is 58.2 Å². The molecular weight excluding hydrogens is 340 g/mol. The third-order valence-corrected chi connectivity index (χ3v) is 4.96. The van der Waals surface area contributed by atoms with Gasteiger partial charge >= 0.3 is 0 Å². The van der Waals surface area contributed by atoms with Crippen LogP contribution in [0, 0.1) is 0 Å². The smallest absolute Gasteiger partial charge is 0.120 e. The Morgan fingerprint density at radius 3 is 1.14 bits per heavy atom. The molecule has 0 aromatic heterocycles. The largest absolute Gasteiger partial charge is 0.303 e. The monoisotopic (exact) mass is 384 g/mol. The maximum atomic E-state index is 10.4. The maximum Gasteiger partial charge on any atom is 0.120 e. The van der Waals surface area contributed by atoms with E-state index in [1.165, 1.54) is 47.1 Å². The van der Waals surface area contributed by atoms with Gasteiger partial charge in [-0.05, 0) is 99.3 Å². The van der Waals surface area contributed by atoms with Gasteiger partial charge in [0, 0.05) is 6.42 Å². The summed E-state index contributed by atoms with van der Waals surface area (Å²) < 4.78 is 0. The highest BCUT2D eigenvalue weighted by atomic mass is 16.1. The molecule has 0 heterocycles. The molecule has 0 unspecified atom stereocenters. The van der Waals surface area contributed by atoms with Crippen LogP contribution in [0.4, 0.5) is 0 Å². The van der Waals surface area contributed by atoms with Crippen molar-refractivity contribution in [2.75, 3.05) is 0 Å². The van der Waals surface area contributed by atoms with E-state index in [0.29, 0.717) is 6.42 Å². The van der Waals surface area contributed by atoms with Crippen molar-refractivity contribution < 1.29 is 4.79 Å². The standard InChI is InChI=1S/C27H44O/c1-23(2)13-9-16-26(5)19-10-17-24(3)14-7-8-15-25(4)18-11-20-27(6)21-12-22-28/h13-15,19-20,22H,7-12,16-18,21H2,1-6H3/b24-14+,25-15-,26-19+,27-20-. The van der Waals surface area contributed by atoms with Gasteiger partial charge < -0.3 is 4.79 Å². The Hall–Kier alpha value is -1.63. The van der Waals surface area contributed by atoms with E-state index >= 15 is 0 Å². The Morgan fingerprint density at radius 1 is 0.464 bits per heavy atom. The third-order valence-electron chi connectivity index (χ3n) is 4.96. The average Bonchev–Trinajstić information content (AvgIpc) is 2.63. The minimum absolute atomic E-state index is 0.647. The highest BCUT2D eigenvalue weighted by molar-refractivity contribution is 5.49. The SMILES string of the molecule is CC(C)=CCC/C(C)=C/CC/C(C)=C/CC/C=C(/C)CC/C=C(/C)CCC=O. The number of hydrogen-bond donors (Lipinski definition) is 0. The number of allylic oxidation sites excluding steroid dienone is 10. The van der Waals surface area contributed by atoms with Crippen molar-refractivity contribution in [1.82, 2.24) is 0 Å². The van der Waals surface area contributed by atoms with Crippen molar-refractivity contribution in [3.63, 3.8) is 0 Å². The van der Waals surface area contributed by atoms with E-state index < -0.39 is 0 Å². The summed E-state index contributed by atoms with van der Waals surface area (Å²) in [6.07, 6.45) is 23.5. The summed E-state index contributed by atoms with van der Waals surface area (Å²) in [4.78, 5) is 10.4. The van der Waals surface area contributed by atoms with Crippen LogP contribution in [0.15, 0.2) is 58.2 Å². The quantitative estimate of drug-likeness (QED) is 0.156. The normalized spacial score (nSPS) is 13.6. The second-order valence-corrected chi connectivity index (χ2v) is 8.38. The predicted molar refractivity (Wildman–Crippen MR) is 127 cm³/mol. The number of aldehydes is 1. The zero-order valence-electron chi connectivity index (χ0n) is 19.4. The lowest BCUT2D eigenvalue weighted by atomic mass is 10.0. The molecule has 0 aliphatic heterocycles. The van der Waals surface area contributed by atoms with Gasteiger partial charge in [0.15, 0.2) is 0 Å². The molecule has 0 fully saturated rings. The Morgan fingerprint density at radius 2 is 0.786 bits per heavy atom. The summed E-state index contributed by atoms with van der Waals surface area (Å²) in [5.74, 6) is 0. The molecule has 28 heavy (non-hydrogen) atoms. The van der Waals surface area contributed by atoms with Crippen molar-refractivity contribution in [1.29, 1.82) is 0 Å². The summed E-state index contributed by atoms with van der Waals surface area (Å²) in [5, 5.41) is 0. The van der Waals surface area contributed by atoms with Gasteiger partial charge in [-0.2, -0.15) is 0 Å². The molecule has 0 spiro atoms. The number of carbonyl (C=O) groups is 1. The first-order valence-corrected chi connectivity index (χ1v) is 11.0. The molecule has 0 N–H and O–H groups in total. The molecular formula is C27H44O. The fourth-order valence-electron chi connectivity index (χ4n) is 3.04. The van der Waals surface area contributed by atoms with Crippen molar-refractivity contribution in [3.05, 3.63) is 58.2 Å². The lowest BCUT2D eigenvalue weighted by Crippen LogP contribution is -1.82. The van der Waals surface area contributed by atoms with Crippen LogP contribution in [0.1, 0.15) is 106 Å². The average molecular weight is 385 g/mol. The summed E-state index contributed by atoms with van der Waals surface area (Å²) >= 11 is 0. The molecule has 0 atom stereocenters. The van der Waals surface area contributed by atoms with Crippen LogP contribution in [0.5, 0.6) is 0 Å². The van der Waals surface area contributed by atoms with Crippen molar-refractivity contribution in [2.45, 2.75) is 106 Å². The highest BCUT2D eigenvalue weighted by Gasteiger charge is 1.94. The van der Waals surface area contributed by atoms with Gasteiger partial charge in [-0.15, -0.1) is 0 Å². The Bertz CT molecular complexity index is 577. The van der Waals surface area contributed by atoms with Gasteiger partial charge in [0.1, 0.15) is 6.29 Å². The Balaban J connectivity index is 4.02. The molecule has 0 saturated heterocycles. The van der Waals surface area contributed by atoms with Crippen LogP contribution in [-0.4, -0.2) is 6.29 Å². The van der Waals surface area contributed by atoms with Crippen molar-refractivity contribution in [2.24, 2.45) is 0 Å². The minimum Gasteiger partial charge on any atom is -0.303 e. The van der Waals surface area contributed by atoms with E-state index in [2.05, 4.69) is 71.9 Å². The van der Waals surface area contributed by atoms with Crippen molar-refractivity contribution in [3.8, 4) is 0 Å². The lowest BCUT2D eigenvalue weighted by molar-refractivity contribution is -0.107. The molecule has 158 valence electrons. The Labute approximate surface area is 175 Å². The molecule has 1 heteroatoms. The molecule has 0 aromatic carbocycles. The van der Waals surface area contributed by atoms with E-state index in [9.17, 15) is 4.79 Å². The first-order chi connectivity index (χ1) is 13.3. The maximum absolute atomic E-state index is 10.4. The minimum atomic E-state index is 0.647. The molecule has 0 saturated carbocycles. The lowest BCUT2D eigenvalue weighted by Gasteiger charge is -2.02. The van der Waals surface area contributed by atoms with E-state index in [1.807, 2.05) is 0 Å². The predicted octanol–water partition coefficient (Wildman–Crippen LogP) is 8.84. The van der Waals surface area contributed by atoms with Crippen LogP contribution in [0.3, 0.4) is 0 Å². The van der Waals surface area contributed by atoms with Gasteiger partial charge in [-0.25, -0.2) is 0 Å². The summed E-state index contributed by atoms with van der Waals surface area (Å²) in [5.41, 5.74) is 7.24. The molecule has 1 nitrogen and oxygen atoms in total. The van der Waals surface area contributed by atoms with Gasteiger partial charge in [0.05, 0.1) is 0 Å². The molecule has 0 aliphatic rings. The summed E-state index contributed by atoms with van der Waals surface area (Å²) in [6.45, 7) is 13.2. The zero-order chi connectivity index (χ0) is 21.2. The second-order valence-electron chi connectivity index (χ2n) is 8.38. The van der Waals surface area contributed by atoms with E-state index in [-0.39, 0.29) is 0 Å². The van der Waals surface area contributed by atoms with Gasteiger partial charge in [-0.3, -0.25) is 0 Å². The van der Waals surface area contributed by atoms with Crippen LogP contribution >= 0.6 is 0 Å². The fraction of sp³-hybridized carbons (Fsp3) is 0.593. The summed E-state index contributed by atoms with van der Waals surface area (Å²) in [7, 11) is 0. The van der Waals surface area contributed by atoms with Crippen molar-refractivity contribution >= 4 is 6.29 Å². The zero-order valence-corrected chi connectivity index (χ0v) is 19.4.